The highest BCUT2D eigenvalue weighted by Gasteiger charge is 2.34. The number of aromatic nitrogens is 2. The zero-order valence-corrected chi connectivity index (χ0v) is 19.5. The average Bonchev–Trinajstić information content (AvgIpc) is 2.81. The van der Waals surface area contributed by atoms with Gasteiger partial charge in [0.1, 0.15) is 28.8 Å². The zero-order valence-electron chi connectivity index (χ0n) is 19.5. The largest absolute Gasteiger partial charge is 0.496 e. The van der Waals surface area contributed by atoms with Crippen LogP contribution in [-0.2, 0) is 7.05 Å². The van der Waals surface area contributed by atoms with E-state index in [1.807, 2.05) is 0 Å². The second-order valence-electron chi connectivity index (χ2n) is 8.71. The van der Waals surface area contributed by atoms with Crippen molar-refractivity contribution in [3.8, 4) is 11.8 Å². The number of benzene rings is 1. The molecule has 1 saturated heterocycles. The maximum absolute atomic E-state index is 13.7. The monoisotopic (exact) mass is 449 g/mol. The van der Waals surface area contributed by atoms with E-state index in [1.54, 1.807) is 43.0 Å². The number of piperazine rings is 1. The Morgan fingerprint density at radius 2 is 1.94 bits per heavy atom. The molecule has 3 atom stereocenters. The number of nitrogens with zero attached hydrogens (tertiary/aromatic N) is 5. The lowest BCUT2D eigenvalue weighted by molar-refractivity contribution is 0.118. The van der Waals surface area contributed by atoms with E-state index < -0.39 is 0 Å². The predicted octanol–water partition coefficient (Wildman–Crippen LogP) is 3.61. The molecular weight excluding hydrogens is 421 g/mol. The minimum absolute atomic E-state index is 0.0175. The molecule has 1 aliphatic rings. The van der Waals surface area contributed by atoms with E-state index in [0.717, 1.165) is 17.8 Å². The fraction of sp³-hybridized carbons (Fsp3) is 0.400. The summed E-state index contributed by atoms with van der Waals surface area (Å²) in [6.45, 7) is 7.77. The standard InChI is InChI=1S/C25H28FN5O2/c1-15-14-31(22-11-24(32)29(4)21-9-7-19(12-27)28-25(21)22)16(2)13-30(15)17(3)20-8-6-18(26)10-23(20)33-5/h6-11,15-17H,13-14H2,1-5H3/t15-,16+,17?/m1/s1. The Labute approximate surface area is 192 Å². The van der Waals surface area contributed by atoms with Gasteiger partial charge in [0.2, 0.25) is 0 Å². The zero-order chi connectivity index (χ0) is 23.9. The predicted molar refractivity (Wildman–Crippen MR) is 126 cm³/mol. The lowest BCUT2D eigenvalue weighted by Crippen LogP contribution is -2.57. The second kappa shape index (κ2) is 8.83. The second-order valence-corrected chi connectivity index (χ2v) is 8.71. The van der Waals surface area contributed by atoms with Gasteiger partial charge >= 0.3 is 0 Å². The van der Waals surface area contributed by atoms with Gasteiger partial charge in [-0.2, -0.15) is 5.26 Å². The SMILES string of the molecule is COc1cc(F)ccc1C(C)N1C[C@H](C)N(c2cc(=O)n(C)c3ccc(C#N)nc23)C[C@H]1C. The molecule has 1 unspecified atom stereocenters. The fourth-order valence-electron chi connectivity index (χ4n) is 4.83. The summed E-state index contributed by atoms with van der Waals surface area (Å²) in [5, 5.41) is 9.35. The first kappa shape index (κ1) is 22.7. The van der Waals surface area contributed by atoms with Crippen LogP contribution in [0.3, 0.4) is 0 Å². The number of anilines is 1. The lowest BCUT2D eigenvalue weighted by atomic mass is 9.99. The number of halogens is 1. The van der Waals surface area contributed by atoms with Crippen LogP contribution in [0.5, 0.6) is 5.75 Å². The van der Waals surface area contributed by atoms with Crippen molar-refractivity contribution in [2.75, 3.05) is 25.1 Å². The van der Waals surface area contributed by atoms with Crippen molar-refractivity contribution < 1.29 is 9.13 Å². The minimum Gasteiger partial charge on any atom is -0.496 e. The topological polar surface area (TPSA) is 74.4 Å². The molecule has 0 N–H and O–H groups in total. The molecule has 1 aromatic carbocycles. The summed E-state index contributed by atoms with van der Waals surface area (Å²) in [4.78, 5) is 21.8. The van der Waals surface area contributed by atoms with Crippen molar-refractivity contribution in [2.24, 2.45) is 7.05 Å². The number of rotatable bonds is 4. The van der Waals surface area contributed by atoms with Crippen LogP contribution >= 0.6 is 0 Å². The summed E-state index contributed by atoms with van der Waals surface area (Å²) in [5.74, 6) is 0.214. The van der Waals surface area contributed by atoms with Gasteiger partial charge < -0.3 is 14.2 Å². The van der Waals surface area contributed by atoms with Gasteiger partial charge in [-0.15, -0.1) is 0 Å². The molecule has 8 heteroatoms. The molecule has 0 saturated carbocycles. The number of hydrogen-bond acceptors (Lipinski definition) is 6. The molecular formula is C25H28FN5O2. The summed E-state index contributed by atoms with van der Waals surface area (Å²) in [5.41, 5.74) is 3.23. The molecule has 3 heterocycles. The first-order valence-corrected chi connectivity index (χ1v) is 11.0. The van der Waals surface area contributed by atoms with Gasteiger partial charge in [0.15, 0.2) is 0 Å². The van der Waals surface area contributed by atoms with Crippen LogP contribution in [-0.4, -0.2) is 46.7 Å². The molecule has 4 rings (SSSR count). The molecule has 0 radical (unpaired) electrons. The number of aryl methyl sites for hydroxylation is 1. The molecule has 2 aromatic heterocycles. The Bertz CT molecular complexity index is 1300. The third kappa shape index (κ3) is 4.05. The van der Waals surface area contributed by atoms with Gasteiger partial charge in [-0.1, -0.05) is 6.07 Å². The summed E-state index contributed by atoms with van der Waals surface area (Å²) >= 11 is 0. The smallest absolute Gasteiger partial charge is 0.252 e. The van der Waals surface area contributed by atoms with Gasteiger partial charge in [-0.25, -0.2) is 9.37 Å². The van der Waals surface area contributed by atoms with Crippen molar-refractivity contribution in [1.29, 1.82) is 5.26 Å². The van der Waals surface area contributed by atoms with Gasteiger partial charge in [-0.05, 0) is 39.0 Å². The molecule has 0 amide bonds. The molecule has 7 nitrogen and oxygen atoms in total. The molecule has 0 bridgehead atoms. The fourth-order valence-corrected chi connectivity index (χ4v) is 4.83. The lowest BCUT2D eigenvalue weighted by Gasteiger charge is -2.48. The van der Waals surface area contributed by atoms with Crippen LogP contribution in [0.25, 0.3) is 11.0 Å². The molecule has 33 heavy (non-hydrogen) atoms. The van der Waals surface area contributed by atoms with Gasteiger partial charge in [0.25, 0.3) is 5.56 Å². The van der Waals surface area contributed by atoms with Crippen LogP contribution < -0.4 is 15.2 Å². The van der Waals surface area contributed by atoms with Crippen molar-refractivity contribution in [2.45, 2.75) is 38.9 Å². The van der Waals surface area contributed by atoms with E-state index in [9.17, 15) is 14.4 Å². The normalized spacial score (nSPS) is 20.0. The van der Waals surface area contributed by atoms with E-state index in [2.05, 4.69) is 41.6 Å². The Balaban J connectivity index is 1.70. The average molecular weight is 450 g/mol. The molecule has 172 valence electrons. The third-order valence-electron chi connectivity index (χ3n) is 6.67. The Kier molecular flexibility index (Phi) is 6.09. The summed E-state index contributed by atoms with van der Waals surface area (Å²) in [6, 6.07) is 12.0. The highest BCUT2D eigenvalue weighted by atomic mass is 19.1. The summed E-state index contributed by atoms with van der Waals surface area (Å²) in [7, 11) is 3.27. The van der Waals surface area contributed by atoms with Crippen molar-refractivity contribution >= 4 is 16.7 Å². The molecule has 3 aromatic rings. The van der Waals surface area contributed by atoms with Crippen LogP contribution in [0.2, 0.25) is 0 Å². The number of ether oxygens (including phenoxy) is 1. The number of pyridine rings is 2. The molecule has 0 aliphatic carbocycles. The van der Waals surface area contributed by atoms with E-state index in [0.29, 0.717) is 29.0 Å². The maximum Gasteiger partial charge on any atom is 0.252 e. The number of fused-ring (bicyclic) bond motifs is 1. The maximum atomic E-state index is 13.7. The highest BCUT2D eigenvalue weighted by Crippen LogP contribution is 2.35. The van der Waals surface area contributed by atoms with E-state index in [4.69, 9.17) is 4.74 Å². The van der Waals surface area contributed by atoms with Crippen LogP contribution in [0, 0.1) is 17.1 Å². The van der Waals surface area contributed by atoms with Crippen LogP contribution in [0.1, 0.15) is 38.1 Å². The first-order valence-electron chi connectivity index (χ1n) is 11.0. The van der Waals surface area contributed by atoms with Gasteiger partial charge in [0.05, 0.1) is 18.3 Å². The molecule has 0 spiro atoms. The van der Waals surface area contributed by atoms with E-state index in [1.165, 1.54) is 12.1 Å². The number of nitriles is 1. The highest BCUT2D eigenvalue weighted by molar-refractivity contribution is 5.89. The van der Waals surface area contributed by atoms with E-state index in [-0.39, 0.29) is 29.5 Å². The van der Waals surface area contributed by atoms with Crippen LogP contribution in [0.15, 0.2) is 41.2 Å². The van der Waals surface area contributed by atoms with Gasteiger partial charge in [-0.3, -0.25) is 9.69 Å². The molecule has 1 fully saturated rings. The molecule has 1 aliphatic heterocycles. The number of hydrogen-bond donors (Lipinski definition) is 0. The van der Waals surface area contributed by atoms with Crippen molar-refractivity contribution in [1.82, 2.24) is 14.5 Å². The Hall–Kier alpha value is -3.44. The summed E-state index contributed by atoms with van der Waals surface area (Å²) in [6.07, 6.45) is 0. The summed E-state index contributed by atoms with van der Waals surface area (Å²) < 4.78 is 20.7. The quantitative estimate of drug-likeness (QED) is 0.606. The van der Waals surface area contributed by atoms with Crippen LogP contribution in [0.4, 0.5) is 10.1 Å². The van der Waals surface area contributed by atoms with Gasteiger partial charge in [0, 0.05) is 56.0 Å². The Morgan fingerprint density at radius 1 is 1.18 bits per heavy atom. The minimum atomic E-state index is -0.323. The van der Waals surface area contributed by atoms with Crippen molar-refractivity contribution in [3.63, 3.8) is 0 Å². The first-order chi connectivity index (χ1) is 15.7. The van der Waals surface area contributed by atoms with E-state index >= 15 is 0 Å². The Morgan fingerprint density at radius 3 is 2.64 bits per heavy atom. The van der Waals surface area contributed by atoms with Crippen molar-refractivity contribution in [3.05, 3.63) is 63.8 Å². The number of methoxy groups -OCH3 is 1. The third-order valence-corrected chi connectivity index (χ3v) is 6.67.